The summed E-state index contributed by atoms with van der Waals surface area (Å²) in [5.41, 5.74) is 16.9. The highest BCUT2D eigenvalue weighted by molar-refractivity contribution is 7.91. The largest absolute Gasteiger partial charge is 0.292 e. The van der Waals surface area contributed by atoms with E-state index >= 15 is 8.42 Å². The van der Waals surface area contributed by atoms with Crippen molar-refractivity contribution in [3.05, 3.63) is 217 Å². The third kappa shape index (κ3) is 5.66. The Hall–Kier alpha value is -7.60. The van der Waals surface area contributed by atoms with Gasteiger partial charge in [-0.3, -0.25) is 4.57 Å². The Balaban J connectivity index is 1.17. The van der Waals surface area contributed by atoms with E-state index in [2.05, 4.69) is 152 Å². The molecule has 4 nitrogen and oxygen atoms in total. The minimum absolute atomic E-state index is 0.290. The summed E-state index contributed by atoms with van der Waals surface area (Å²) >= 11 is 0. The normalized spacial score (nSPS) is 13.9. The van der Waals surface area contributed by atoms with E-state index in [1.54, 1.807) is 6.07 Å². The van der Waals surface area contributed by atoms with E-state index in [1.807, 2.05) is 66.7 Å². The number of para-hydroxylation sites is 1. The Morgan fingerprint density at radius 2 is 0.937 bits per heavy atom. The molecule has 0 fully saturated rings. The number of benzene rings is 9. The maximum absolute atomic E-state index is 15.8. The average Bonchev–Trinajstić information content (AvgIpc) is 3.82. The molecule has 0 atom stereocenters. The smallest absolute Gasteiger partial charge is 0.207 e. The Morgan fingerprint density at radius 1 is 0.397 bits per heavy atom. The van der Waals surface area contributed by atoms with E-state index in [-0.39, 0.29) is 4.90 Å². The van der Waals surface area contributed by atoms with Gasteiger partial charge >= 0.3 is 0 Å². The molecule has 0 spiro atoms. The molecule has 63 heavy (non-hydrogen) atoms. The molecule has 0 N–H and O–H groups in total. The lowest BCUT2D eigenvalue weighted by Crippen LogP contribution is -2.16. The Kier molecular flexibility index (Phi) is 8.24. The fourth-order valence-corrected chi connectivity index (χ4v) is 11.9. The number of hydrogen-bond donors (Lipinski definition) is 0. The minimum Gasteiger partial charge on any atom is -0.292 e. The standard InChI is InChI=1S/C58H40N2O2S/c1-58(2)51-27-15-13-25-46(51)49-35-50-48-33-38(39-30-32-54-53(34-39)59-57(37-17-5-3-6-18-37)60(54)40-19-7-4-8-20-40)29-31-45(48)43-23-10-9-21-41(43)42-22-11-12-24-44(42)47-26-14-16-28-55(47)63(61,62)56(50)36-52(49)58/h3-36H,1-2H3. The molecule has 5 heteroatoms. The number of rotatable bonds is 3. The van der Waals surface area contributed by atoms with Crippen LogP contribution in [0.3, 0.4) is 0 Å². The van der Waals surface area contributed by atoms with Gasteiger partial charge in [0.2, 0.25) is 9.84 Å². The van der Waals surface area contributed by atoms with Crippen molar-refractivity contribution >= 4 is 20.9 Å². The zero-order valence-electron chi connectivity index (χ0n) is 34.7. The predicted octanol–water partition coefficient (Wildman–Crippen LogP) is 14.5. The molecule has 0 unspecified atom stereocenters. The maximum Gasteiger partial charge on any atom is 0.207 e. The number of hydrogen-bond acceptors (Lipinski definition) is 3. The molecule has 12 rings (SSSR count). The van der Waals surface area contributed by atoms with E-state index in [0.29, 0.717) is 16.0 Å². The number of imidazole rings is 1. The molecule has 300 valence electrons. The monoisotopic (exact) mass is 828 g/mol. The molecule has 9 aromatic carbocycles. The molecule has 1 aliphatic heterocycles. The van der Waals surface area contributed by atoms with Gasteiger partial charge < -0.3 is 0 Å². The second kappa shape index (κ2) is 14.0. The van der Waals surface area contributed by atoms with Crippen molar-refractivity contribution in [2.75, 3.05) is 0 Å². The molecule has 2 heterocycles. The molecule has 1 aromatic heterocycles. The van der Waals surface area contributed by atoms with Crippen molar-refractivity contribution in [1.29, 1.82) is 0 Å². The van der Waals surface area contributed by atoms with E-state index in [9.17, 15) is 0 Å². The van der Waals surface area contributed by atoms with E-state index in [4.69, 9.17) is 4.98 Å². The summed E-state index contributed by atoms with van der Waals surface area (Å²) in [7, 11) is -4.12. The fourth-order valence-electron chi connectivity index (χ4n) is 10.2. The Bertz CT molecular complexity index is 3600. The van der Waals surface area contributed by atoms with Crippen molar-refractivity contribution in [2.24, 2.45) is 0 Å². The van der Waals surface area contributed by atoms with Crippen LogP contribution in [0.25, 0.3) is 94.9 Å². The molecule has 0 saturated heterocycles. The molecule has 10 aromatic rings. The lowest BCUT2D eigenvalue weighted by molar-refractivity contribution is 0.596. The molecule has 2 aliphatic rings. The first kappa shape index (κ1) is 37.2. The van der Waals surface area contributed by atoms with Crippen molar-refractivity contribution in [2.45, 2.75) is 29.1 Å². The second-order valence-electron chi connectivity index (χ2n) is 17.1. The number of nitrogens with zero attached hydrogens (tertiary/aromatic N) is 2. The van der Waals surface area contributed by atoms with Crippen LogP contribution >= 0.6 is 0 Å². The van der Waals surface area contributed by atoms with Crippen LogP contribution in [-0.2, 0) is 15.3 Å². The SMILES string of the molecule is CC1(C)c2ccccc2-c2cc3c(cc21)S(=O)(=O)c1ccccc1-c1ccccc1-c1ccccc1-c1ccc(-c2ccc4c(c2)nc(-c2ccccc2)n4-c2ccccc2)cc1-3. The van der Waals surface area contributed by atoms with E-state index in [1.165, 1.54) is 5.56 Å². The number of fused-ring (bicyclic) bond motifs is 13. The van der Waals surface area contributed by atoms with Crippen LogP contribution < -0.4 is 0 Å². The quantitative estimate of drug-likeness (QED) is 0.178. The van der Waals surface area contributed by atoms with Crippen LogP contribution in [0.15, 0.2) is 216 Å². The molecule has 0 saturated carbocycles. The van der Waals surface area contributed by atoms with Gasteiger partial charge in [-0.25, -0.2) is 13.4 Å². The third-order valence-corrected chi connectivity index (χ3v) is 15.1. The summed E-state index contributed by atoms with van der Waals surface area (Å²) in [5, 5.41) is 0. The highest BCUT2D eigenvalue weighted by atomic mass is 32.2. The molecule has 0 amide bonds. The third-order valence-electron chi connectivity index (χ3n) is 13.2. The fraction of sp³-hybridized carbons (Fsp3) is 0.0517. The summed E-state index contributed by atoms with van der Waals surface area (Å²) in [5.74, 6) is 0.865. The minimum atomic E-state index is -4.12. The summed E-state index contributed by atoms with van der Waals surface area (Å²) in [6, 6.07) is 70.5. The predicted molar refractivity (Wildman–Crippen MR) is 257 cm³/mol. The van der Waals surface area contributed by atoms with Gasteiger partial charge in [-0.1, -0.05) is 172 Å². The van der Waals surface area contributed by atoms with E-state index in [0.717, 1.165) is 89.3 Å². The zero-order chi connectivity index (χ0) is 42.5. The number of aromatic nitrogens is 2. The van der Waals surface area contributed by atoms with Gasteiger partial charge in [0.05, 0.1) is 20.8 Å². The van der Waals surface area contributed by atoms with Crippen LogP contribution in [0.2, 0.25) is 0 Å². The van der Waals surface area contributed by atoms with Crippen LogP contribution in [-0.4, -0.2) is 18.0 Å². The molecule has 0 bridgehead atoms. The lowest BCUT2D eigenvalue weighted by Gasteiger charge is -2.24. The van der Waals surface area contributed by atoms with Gasteiger partial charge in [0.25, 0.3) is 0 Å². The summed E-state index contributed by atoms with van der Waals surface area (Å²) in [6.45, 7) is 4.40. The second-order valence-corrected chi connectivity index (χ2v) is 19.0. The van der Waals surface area contributed by atoms with Crippen LogP contribution in [0.4, 0.5) is 0 Å². The van der Waals surface area contributed by atoms with Crippen molar-refractivity contribution in [3.63, 3.8) is 0 Å². The molecule has 0 radical (unpaired) electrons. The summed E-state index contributed by atoms with van der Waals surface area (Å²) in [4.78, 5) is 5.87. The van der Waals surface area contributed by atoms with Crippen molar-refractivity contribution in [1.82, 2.24) is 9.55 Å². The summed E-state index contributed by atoms with van der Waals surface area (Å²) in [6.07, 6.45) is 0. The highest BCUT2D eigenvalue weighted by Crippen LogP contribution is 2.54. The van der Waals surface area contributed by atoms with Gasteiger partial charge in [-0.2, -0.15) is 0 Å². The first-order valence-electron chi connectivity index (χ1n) is 21.4. The van der Waals surface area contributed by atoms with Crippen LogP contribution in [0, 0.1) is 0 Å². The molecular weight excluding hydrogens is 789 g/mol. The first-order chi connectivity index (χ1) is 30.8. The summed E-state index contributed by atoms with van der Waals surface area (Å²) < 4.78 is 33.8. The van der Waals surface area contributed by atoms with Crippen molar-refractivity contribution < 1.29 is 8.42 Å². The first-order valence-corrected chi connectivity index (χ1v) is 22.9. The van der Waals surface area contributed by atoms with Crippen LogP contribution in [0.5, 0.6) is 0 Å². The zero-order valence-corrected chi connectivity index (χ0v) is 35.6. The van der Waals surface area contributed by atoms with Gasteiger partial charge in [-0.15, -0.1) is 0 Å². The van der Waals surface area contributed by atoms with Gasteiger partial charge in [0, 0.05) is 27.8 Å². The van der Waals surface area contributed by atoms with Gasteiger partial charge in [0.1, 0.15) is 5.82 Å². The Morgan fingerprint density at radius 3 is 1.63 bits per heavy atom. The maximum atomic E-state index is 15.8. The topological polar surface area (TPSA) is 52.0 Å². The van der Waals surface area contributed by atoms with Crippen LogP contribution in [0.1, 0.15) is 25.0 Å². The average molecular weight is 829 g/mol. The van der Waals surface area contributed by atoms with Crippen molar-refractivity contribution in [3.8, 4) is 83.8 Å². The highest BCUT2D eigenvalue weighted by Gasteiger charge is 2.39. The van der Waals surface area contributed by atoms with Gasteiger partial charge in [-0.05, 0) is 115 Å². The molecular formula is C58H40N2O2S. The molecule has 1 aliphatic carbocycles. The Labute approximate surface area is 367 Å². The number of sulfone groups is 1. The van der Waals surface area contributed by atoms with Gasteiger partial charge in [0.15, 0.2) is 0 Å². The van der Waals surface area contributed by atoms with E-state index < -0.39 is 15.3 Å². The lowest BCUT2D eigenvalue weighted by atomic mass is 9.81.